The van der Waals surface area contributed by atoms with E-state index in [1.165, 1.54) is 12.3 Å². The van der Waals surface area contributed by atoms with Crippen LogP contribution in [-0.4, -0.2) is 37.6 Å². The number of nitrogens with zero attached hydrogens (tertiary/aromatic N) is 5. The molecule has 0 aromatic carbocycles. The summed E-state index contributed by atoms with van der Waals surface area (Å²) in [5.74, 6) is 0. The highest BCUT2D eigenvalue weighted by Crippen LogP contribution is 2.31. The Labute approximate surface area is 143 Å². The Balaban J connectivity index is 1.97. The first-order valence-electron chi connectivity index (χ1n) is 8.00. The van der Waals surface area contributed by atoms with Crippen LogP contribution in [0.25, 0.3) is 16.8 Å². The quantitative estimate of drug-likeness (QED) is 0.705. The molecule has 0 aliphatic carbocycles. The SMILES string of the molecule is CCN(CC)Cc1cnc2c(-c3ccnc(C(F)(F)F)c3)cnn2c1. The molecule has 0 aliphatic heterocycles. The molecule has 5 nitrogen and oxygen atoms in total. The molecular formula is C17H18F3N5. The van der Waals surface area contributed by atoms with Crippen LogP contribution >= 0.6 is 0 Å². The summed E-state index contributed by atoms with van der Waals surface area (Å²) in [4.78, 5) is 10.0. The molecule has 0 radical (unpaired) electrons. The molecule has 0 atom stereocenters. The summed E-state index contributed by atoms with van der Waals surface area (Å²) in [5, 5.41) is 4.24. The Morgan fingerprint density at radius 1 is 1.12 bits per heavy atom. The summed E-state index contributed by atoms with van der Waals surface area (Å²) in [7, 11) is 0. The highest BCUT2D eigenvalue weighted by atomic mass is 19.4. The number of aromatic nitrogens is 4. The smallest absolute Gasteiger partial charge is 0.300 e. The maximum Gasteiger partial charge on any atom is 0.433 e. The summed E-state index contributed by atoms with van der Waals surface area (Å²) >= 11 is 0. The molecule has 0 N–H and O–H groups in total. The third-order valence-electron chi connectivity index (χ3n) is 4.07. The van der Waals surface area contributed by atoms with Crippen LogP contribution in [0, 0.1) is 0 Å². The highest BCUT2D eigenvalue weighted by Gasteiger charge is 2.32. The van der Waals surface area contributed by atoms with E-state index < -0.39 is 11.9 Å². The highest BCUT2D eigenvalue weighted by molar-refractivity contribution is 5.76. The molecular weight excluding hydrogens is 331 g/mol. The summed E-state index contributed by atoms with van der Waals surface area (Å²) in [6.07, 6.45) is 1.79. The molecule has 25 heavy (non-hydrogen) atoms. The van der Waals surface area contributed by atoms with Gasteiger partial charge in [0.25, 0.3) is 0 Å². The van der Waals surface area contributed by atoms with E-state index in [2.05, 4.69) is 33.8 Å². The maximum absolute atomic E-state index is 12.9. The molecule has 0 unspecified atom stereocenters. The number of fused-ring (bicyclic) bond motifs is 1. The van der Waals surface area contributed by atoms with E-state index in [1.54, 1.807) is 10.7 Å². The monoisotopic (exact) mass is 349 g/mol. The minimum Gasteiger partial charge on any atom is -0.300 e. The third kappa shape index (κ3) is 3.63. The molecule has 3 rings (SSSR count). The van der Waals surface area contributed by atoms with Gasteiger partial charge in [-0.25, -0.2) is 9.50 Å². The zero-order valence-electron chi connectivity index (χ0n) is 14.0. The molecule has 0 amide bonds. The first-order valence-corrected chi connectivity index (χ1v) is 8.00. The van der Waals surface area contributed by atoms with E-state index in [0.717, 1.165) is 37.5 Å². The Kier molecular flexibility index (Phi) is 4.71. The molecule has 3 aromatic heterocycles. The Bertz CT molecular complexity index is 868. The molecule has 132 valence electrons. The Morgan fingerprint density at radius 3 is 2.56 bits per heavy atom. The summed E-state index contributed by atoms with van der Waals surface area (Å²) in [6.45, 7) is 6.77. The van der Waals surface area contributed by atoms with E-state index in [4.69, 9.17) is 0 Å². The van der Waals surface area contributed by atoms with Gasteiger partial charge in [-0.1, -0.05) is 13.8 Å². The van der Waals surface area contributed by atoms with Gasteiger partial charge in [-0.3, -0.25) is 9.88 Å². The lowest BCUT2D eigenvalue weighted by Crippen LogP contribution is -2.22. The molecule has 0 saturated carbocycles. The van der Waals surface area contributed by atoms with Gasteiger partial charge in [0, 0.05) is 36.3 Å². The predicted molar refractivity (Wildman–Crippen MR) is 87.8 cm³/mol. The molecule has 0 spiro atoms. The predicted octanol–water partition coefficient (Wildman–Crippen LogP) is 3.65. The minimum atomic E-state index is -4.48. The Morgan fingerprint density at radius 2 is 1.88 bits per heavy atom. The van der Waals surface area contributed by atoms with Crippen LogP contribution in [0.5, 0.6) is 0 Å². The van der Waals surface area contributed by atoms with Crippen molar-refractivity contribution in [1.29, 1.82) is 0 Å². The largest absolute Gasteiger partial charge is 0.433 e. The van der Waals surface area contributed by atoms with Crippen LogP contribution in [0.1, 0.15) is 25.1 Å². The number of hydrogen-bond donors (Lipinski definition) is 0. The summed E-state index contributed by atoms with van der Waals surface area (Å²) in [6, 6.07) is 2.54. The van der Waals surface area contributed by atoms with Crippen LogP contribution in [0.15, 0.2) is 36.9 Å². The van der Waals surface area contributed by atoms with E-state index in [-0.39, 0.29) is 0 Å². The lowest BCUT2D eigenvalue weighted by molar-refractivity contribution is -0.141. The van der Waals surface area contributed by atoms with Gasteiger partial charge in [-0.15, -0.1) is 0 Å². The average Bonchev–Trinajstić information content (AvgIpc) is 3.02. The van der Waals surface area contributed by atoms with Gasteiger partial charge < -0.3 is 0 Å². The number of rotatable bonds is 5. The molecule has 3 heterocycles. The van der Waals surface area contributed by atoms with Crippen LogP contribution in [0.4, 0.5) is 13.2 Å². The number of hydrogen-bond acceptors (Lipinski definition) is 4. The lowest BCUT2D eigenvalue weighted by atomic mass is 10.1. The molecule has 0 saturated heterocycles. The van der Waals surface area contributed by atoms with E-state index in [0.29, 0.717) is 16.8 Å². The molecule has 0 aliphatic rings. The van der Waals surface area contributed by atoms with Gasteiger partial charge in [0.15, 0.2) is 5.65 Å². The van der Waals surface area contributed by atoms with Gasteiger partial charge in [0.1, 0.15) is 5.69 Å². The van der Waals surface area contributed by atoms with E-state index >= 15 is 0 Å². The Hall–Kier alpha value is -2.48. The maximum atomic E-state index is 12.9. The van der Waals surface area contributed by atoms with Crippen molar-refractivity contribution in [3.05, 3.63) is 48.2 Å². The fourth-order valence-electron chi connectivity index (χ4n) is 2.66. The normalized spacial score (nSPS) is 12.2. The van der Waals surface area contributed by atoms with Crippen molar-refractivity contribution in [1.82, 2.24) is 24.5 Å². The molecule has 0 bridgehead atoms. The topological polar surface area (TPSA) is 46.3 Å². The van der Waals surface area contributed by atoms with E-state index in [1.807, 2.05) is 6.20 Å². The van der Waals surface area contributed by atoms with Crippen molar-refractivity contribution in [2.24, 2.45) is 0 Å². The second-order valence-corrected chi connectivity index (χ2v) is 5.68. The standard InChI is InChI=1S/C17H18F3N5/c1-3-24(4-2)10-12-8-22-16-14(9-23-25(16)11-12)13-5-6-21-15(7-13)17(18,19)20/h5-9,11H,3-4,10H2,1-2H3. The van der Waals surface area contributed by atoms with Gasteiger partial charge in [-0.2, -0.15) is 18.3 Å². The van der Waals surface area contributed by atoms with E-state index in [9.17, 15) is 13.2 Å². The van der Waals surface area contributed by atoms with Crippen molar-refractivity contribution in [3.63, 3.8) is 0 Å². The van der Waals surface area contributed by atoms with Gasteiger partial charge in [0.2, 0.25) is 0 Å². The van der Waals surface area contributed by atoms with Crippen LogP contribution in [0.2, 0.25) is 0 Å². The fraction of sp³-hybridized carbons (Fsp3) is 0.353. The first-order chi connectivity index (χ1) is 11.9. The number of halogens is 3. The van der Waals surface area contributed by atoms with Crippen LogP contribution < -0.4 is 0 Å². The van der Waals surface area contributed by atoms with Gasteiger partial charge in [-0.05, 0) is 30.8 Å². The fourth-order valence-corrected chi connectivity index (χ4v) is 2.66. The van der Waals surface area contributed by atoms with Gasteiger partial charge in [0.05, 0.1) is 6.20 Å². The second-order valence-electron chi connectivity index (χ2n) is 5.68. The summed E-state index contributed by atoms with van der Waals surface area (Å²) in [5.41, 5.74) is 1.52. The molecule has 8 heteroatoms. The number of alkyl halides is 3. The third-order valence-corrected chi connectivity index (χ3v) is 4.07. The molecule has 0 fully saturated rings. The zero-order chi connectivity index (χ0) is 18.0. The zero-order valence-corrected chi connectivity index (χ0v) is 14.0. The van der Waals surface area contributed by atoms with Crippen molar-refractivity contribution in [3.8, 4) is 11.1 Å². The van der Waals surface area contributed by atoms with Crippen molar-refractivity contribution < 1.29 is 13.2 Å². The molecule has 3 aromatic rings. The lowest BCUT2D eigenvalue weighted by Gasteiger charge is -2.17. The van der Waals surface area contributed by atoms with Crippen LogP contribution in [-0.2, 0) is 12.7 Å². The minimum absolute atomic E-state index is 0.390. The number of pyridine rings is 1. The van der Waals surface area contributed by atoms with Crippen molar-refractivity contribution in [2.75, 3.05) is 13.1 Å². The average molecular weight is 349 g/mol. The van der Waals surface area contributed by atoms with Crippen molar-refractivity contribution in [2.45, 2.75) is 26.6 Å². The van der Waals surface area contributed by atoms with Gasteiger partial charge >= 0.3 is 6.18 Å². The summed E-state index contributed by atoms with van der Waals surface area (Å²) < 4.78 is 40.2. The first kappa shape index (κ1) is 17.3. The van der Waals surface area contributed by atoms with Crippen LogP contribution in [0.3, 0.4) is 0 Å². The van der Waals surface area contributed by atoms with Crippen molar-refractivity contribution >= 4 is 5.65 Å². The second kappa shape index (κ2) is 6.79.